The number of anilines is 1. The van der Waals surface area contributed by atoms with Crippen molar-refractivity contribution in [1.82, 2.24) is 5.32 Å². The molecule has 2 amide bonds. The number of hydrogen-bond donors (Lipinski definition) is 2. The van der Waals surface area contributed by atoms with Gasteiger partial charge in [0.15, 0.2) is 0 Å². The van der Waals surface area contributed by atoms with Crippen LogP contribution in [-0.4, -0.2) is 25.5 Å². The molecule has 0 aliphatic heterocycles. The van der Waals surface area contributed by atoms with Crippen molar-refractivity contribution in [2.24, 2.45) is 0 Å². The Morgan fingerprint density at radius 2 is 1.88 bits per heavy atom. The van der Waals surface area contributed by atoms with E-state index in [1.165, 1.54) is 0 Å². The van der Waals surface area contributed by atoms with Crippen LogP contribution in [0, 0.1) is 0 Å². The van der Waals surface area contributed by atoms with Crippen molar-refractivity contribution >= 4 is 29.1 Å². The van der Waals surface area contributed by atoms with Gasteiger partial charge in [-0.25, -0.2) is 0 Å². The fourth-order valence-corrected chi connectivity index (χ4v) is 2.34. The van der Waals surface area contributed by atoms with E-state index in [0.717, 1.165) is 11.3 Å². The Hall–Kier alpha value is -2.53. The van der Waals surface area contributed by atoms with E-state index in [1.54, 1.807) is 31.4 Å². The van der Waals surface area contributed by atoms with E-state index in [-0.39, 0.29) is 18.2 Å². The van der Waals surface area contributed by atoms with Crippen LogP contribution in [0.5, 0.6) is 5.75 Å². The minimum atomic E-state index is -0.379. The number of carbonyl (C=O) groups excluding carboxylic acids is 2. The Morgan fingerprint density at radius 3 is 2.62 bits per heavy atom. The van der Waals surface area contributed by atoms with Crippen molar-refractivity contribution in [1.29, 1.82) is 0 Å². The number of halogens is 1. The number of carbonyl (C=O) groups is 2. The van der Waals surface area contributed by atoms with E-state index in [1.807, 2.05) is 24.3 Å². The molecule has 2 N–H and O–H groups in total. The Kier molecular flexibility index (Phi) is 6.63. The summed E-state index contributed by atoms with van der Waals surface area (Å²) in [7, 11) is 1.61. The molecular formula is C18H19ClN2O3. The highest BCUT2D eigenvalue weighted by Crippen LogP contribution is 2.15. The molecule has 0 unspecified atom stereocenters. The second kappa shape index (κ2) is 8.93. The average molecular weight is 347 g/mol. The lowest BCUT2D eigenvalue weighted by Crippen LogP contribution is -2.29. The van der Waals surface area contributed by atoms with Gasteiger partial charge in [0, 0.05) is 17.3 Å². The molecule has 24 heavy (non-hydrogen) atoms. The van der Waals surface area contributed by atoms with Crippen LogP contribution in [0.3, 0.4) is 0 Å². The van der Waals surface area contributed by atoms with E-state index < -0.39 is 0 Å². The van der Waals surface area contributed by atoms with Crippen LogP contribution in [0.25, 0.3) is 0 Å². The zero-order chi connectivity index (χ0) is 17.4. The highest BCUT2D eigenvalue weighted by molar-refractivity contribution is 6.30. The summed E-state index contributed by atoms with van der Waals surface area (Å²) in [6, 6.07) is 14.4. The molecule has 2 aromatic carbocycles. The van der Waals surface area contributed by atoms with Gasteiger partial charge in [0.2, 0.25) is 11.8 Å². The lowest BCUT2D eigenvalue weighted by atomic mass is 10.1. The summed E-state index contributed by atoms with van der Waals surface area (Å²) in [6.07, 6.45) is 0.434. The van der Waals surface area contributed by atoms with Gasteiger partial charge in [0.05, 0.1) is 7.11 Å². The average Bonchev–Trinajstić information content (AvgIpc) is 2.55. The molecule has 0 fully saturated rings. The minimum absolute atomic E-state index is 0.232. The Labute approximate surface area is 146 Å². The number of nitrogens with one attached hydrogen (secondary N) is 2. The standard InChI is InChI=1S/C18H19ClN2O3/c1-24-16-7-2-4-13(10-16)8-9-20-17(22)12-18(23)21-15-6-3-5-14(19)11-15/h2-7,10-11H,8-9,12H2,1H3,(H,20,22)(H,21,23). The molecule has 0 aliphatic rings. The van der Waals surface area contributed by atoms with Gasteiger partial charge in [-0.2, -0.15) is 0 Å². The summed E-state index contributed by atoms with van der Waals surface area (Å²) in [5.74, 6) is 0.0771. The fraction of sp³-hybridized carbons (Fsp3) is 0.222. The maximum absolute atomic E-state index is 11.8. The predicted octanol–water partition coefficient (Wildman–Crippen LogP) is 3.04. The first kappa shape index (κ1) is 17.8. The third kappa shape index (κ3) is 5.93. The fourth-order valence-electron chi connectivity index (χ4n) is 2.15. The molecule has 0 spiro atoms. The van der Waals surface area contributed by atoms with Crippen LogP contribution in [0.1, 0.15) is 12.0 Å². The van der Waals surface area contributed by atoms with Crippen LogP contribution in [0.15, 0.2) is 48.5 Å². The number of rotatable bonds is 7. The molecule has 0 atom stereocenters. The van der Waals surface area contributed by atoms with Crippen LogP contribution >= 0.6 is 11.6 Å². The van der Waals surface area contributed by atoms with Gasteiger partial charge >= 0.3 is 0 Å². The first-order valence-corrected chi connectivity index (χ1v) is 7.89. The van der Waals surface area contributed by atoms with Crippen LogP contribution in [0.2, 0.25) is 5.02 Å². The predicted molar refractivity (Wildman–Crippen MR) is 94.4 cm³/mol. The van der Waals surface area contributed by atoms with Gasteiger partial charge in [-0.05, 0) is 42.3 Å². The van der Waals surface area contributed by atoms with Crippen molar-refractivity contribution in [3.05, 3.63) is 59.1 Å². The Balaban J connectivity index is 1.73. The highest BCUT2D eigenvalue weighted by atomic mass is 35.5. The van der Waals surface area contributed by atoms with Crippen molar-refractivity contribution in [2.45, 2.75) is 12.8 Å². The largest absolute Gasteiger partial charge is 0.497 e. The smallest absolute Gasteiger partial charge is 0.233 e. The Bertz CT molecular complexity index is 719. The number of methoxy groups -OCH3 is 1. The van der Waals surface area contributed by atoms with E-state index >= 15 is 0 Å². The Morgan fingerprint density at radius 1 is 1.08 bits per heavy atom. The van der Waals surface area contributed by atoms with Gasteiger partial charge in [-0.3, -0.25) is 9.59 Å². The van der Waals surface area contributed by atoms with E-state index in [4.69, 9.17) is 16.3 Å². The zero-order valence-electron chi connectivity index (χ0n) is 13.3. The molecule has 0 heterocycles. The van der Waals surface area contributed by atoms with Crippen LogP contribution in [-0.2, 0) is 16.0 Å². The summed E-state index contributed by atoms with van der Waals surface area (Å²) >= 11 is 5.84. The summed E-state index contributed by atoms with van der Waals surface area (Å²) < 4.78 is 5.15. The molecule has 5 nitrogen and oxygen atoms in total. The van der Waals surface area contributed by atoms with E-state index in [0.29, 0.717) is 23.7 Å². The molecular weight excluding hydrogens is 328 g/mol. The molecule has 0 aromatic heterocycles. The maximum atomic E-state index is 11.8. The summed E-state index contributed by atoms with van der Waals surface area (Å²) in [5, 5.41) is 5.89. The lowest BCUT2D eigenvalue weighted by molar-refractivity contribution is -0.126. The molecule has 0 bridgehead atoms. The maximum Gasteiger partial charge on any atom is 0.233 e. The van der Waals surface area contributed by atoms with Gasteiger partial charge in [-0.1, -0.05) is 29.8 Å². The molecule has 0 aliphatic carbocycles. The molecule has 2 aromatic rings. The number of amides is 2. The molecule has 2 rings (SSSR count). The topological polar surface area (TPSA) is 67.4 Å². The normalized spacial score (nSPS) is 10.1. The molecule has 0 saturated heterocycles. The van der Waals surface area contributed by atoms with Gasteiger partial charge < -0.3 is 15.4 Å². The summed E-state index contributed by atoms with van der Waals surface area (Å²) in [5.41, 5.74) is 1.62. The van der Waals surface area contributed by atoms with Crippen molar-refractivity contribution in [3.63, 3.8) is 0 Å². The summed E-state index contributed by atoms with van der Waals surface area (Å²) in [6.45, 7) is 0.455. The first-order chi connectivity index (χ1) is 11.6. The molecule has 126 valence electrons. The van der Waals surface area contributed by atoms with Gasteiger partial charge in [0.25, 0.3) is 0 Å². The van der Waals surface area contributed by atoms with Crippen molar-refractivity contribution < 1.29 is 14.3 Å². The number of ether oxygens (including phenoxy) is 1. The van der Waals surface area contributed by atoms with E-state index in [9.17, 15) is 9.59 Å². The van der Waals surface area contributed by atoms with Gasteiger partial charge in [0.1, 0.15) is 12.2 Å². The quantitative estimate of drug-likeness (QED) is 0.757. The monoisotopic (exact) mass is 346 g/mol. The third-order valence-electron chi connectivity index (χ3n) is 3.30. The third-order valence-corrected chi connectivity index (χ3v) is 3.53. The SMILES string of the molecule is COc1cccc(CCNC(=O)CC(=O)Nc2cccc(Cl)c2)c1. The molecule has 0 radical (unpaired) electrons. The number of hydrogen-bond acceptors (Lipinski definition) is 3. The van der Waals surface area contributed by atoms with Crippen LogP contribution in [0.4, 0.5) is 5.69 Å². The van der Waals surface area contributed by atoms with E-state index in [2.05, 4.69) is 10.6 Å². The lowest BCUT2D eigenvalue weighted by Gasteiger charge is -2.08. The summed E-state index contributed by atoms with van der Waals surface area (Å²) in [4.78, 5) is 23.6. The molecule has 0 saturated carbocycles. The zero-order valence-corrected chi connectivity index (χ0v) is 14.1. The van der Waals surface area contributed by atoms with Crippen molar-refractivity contribution in [2.75, 3.05) is 19.0 Å². The molecule has 6 heteroatoms. The van der Waals surface area contributed by atoms with Gasteiger partial charge in [-0.15, -0.1) is 0 Å². The first-order valence-electron chi connectivity index (χ1n) is 7.52. The van der Waals surface area contributed by atoms with Crippen LogP contribution < -0.4 is 15.4 Å². The second-order valence-electron chi connectivity index (χ2n) is 5.19. The van der Waals surface area contributed by atoms with Crippen molar-refractivity contribution in [3.8, 4) is 5.75 Å². The second-order valence-corrected chi connectivity index (χ2v) is 5.62. The highest BCUT2D eigenvalue weighted by Gasteiger charge is 2.09. The number of benzene rings is 2. The minimum Gasteiger partial charge on any atom is -0.497 e.